The van der Waals surface area contributed by atoms with Crippen LogP contribution in [0.4, 0.5) is 0 Å². The second-order valence-corrected chi connectivity index (χ2v) is 7.33. The number of para-hydroxylation sites is 1. The monoisotopic (exact) mass is 412 g/mol. The van der Waals surface area contributed by atoms with Crippen LogP contribution in [0, 0.1) is 0 Å². The highest BCUT2D eigenvalue weighted by atomic mass is 15.1. The van der Waals surface area contributed by atoms with Gasteiger partial charge in [-0.1, -0.05) is 48.5 Å². The van der Waals surface area contributed by atoms with E-state index in [1.165, 1.54) is 0 Å². The molecule has 6 heteroatoms. The van der Waals surface area contributed by atoms with Crippen molar-refractivity contribution < 1.29 is 0 Å². The second kappa shape index (κ2) is 7.59. The van der Waals surface area contributed by atoms with E-state index in [9.17, 15) is 0 Å². The number of benzene rings is 2. The first-order chi connectivity index (χ1) is 15.9. The third kappa shape index (κ3) is 3.15. The van der Waals surface area contributed by atoms with E-state index < -0.39 is 0 Å². The lowest BCUT2D eigenvalue weighted by molar-refractivity contribution is 1.02. The minimum absolute atomic E-state index is 0.632. The van der Waals surface area contributed by atoms with Gasteiger partial charge in [0.2, 0.25) is 0 Å². The number of rotatable bonds is 3. The molecule has 0 radical (unpaired) electrons. The van der Waals surface area contributed by atoms with Crippen LogP contribution >= 0.6 is 0 Å². The van der Waals surface area contributed by atoms with Gasteiger partial charge in [0.1, 0.15) is 22.8 Å². The van der Waals surface area contributed by atoms with Crippen molar-refractivity contribution in [3.63, 3.8) is 0 Å². The van der Waals surface area contributed by atoms with Gasteiger partial charge in [-0.3, -0.25) is 4.98 Å². The van der Waals surface area contributed by atoms with E-state index in [0.717, 1.165) is 33.1 Å². The zero-order chi connectivity index (χ0) is 21.3. The van der Waals surface area contributed by atoms with Gasteiger partial charge in [-0.05, 0) is 35.7 Å². The Kier molecular flexibility index (Phi) is 4.32. The van der Waals surface area contributed by atoms with Crippen molar-refractivity contribution in [2.75, 3.05) is 0 Å². The number of hydrogen-bond acceptors (Lipinski definition) is 6. The van der Waals surface area contributed by atoms with Crippen LogP contribution in [0.25, 0.3) is 55.8 Å². The van der Waals surface area contributed by atoms with Crippen molar-refractivity contribution in [1.82, 2.24) is 30.1 Å². The molecular weight excluding hydrogens is 396 g/mol. The van der Waals surface area contributed by atoms with E-state index in [4.69, 9.17) is 15.0 Å². The Bertz CT molecular complexity index is 1580. The van der Waals surface area contributed by atoms with Gasteiger partial charge in [0.25, 0.3) is 0 Å². The molecule has 0 amide bonds. The van der Waals surface area contributed by atoms with Crippen LogP contribution in [0.15, 0.2) is 97.5 Å². The normalized spacial score (nSPS) is 11.1. The van der Waals surface area contributed by atoms with Crippen molar-refractivity contribution in [2.45, 2.75) is 0 Å². The molecule has 4 heterocycles. The number of fused-ring (bicyclic) bond motifs is 2. The van der Waals surface area contributed by atoms with Crippen molar-refractivity contribution in [1.29, 1.82) is 0 Å². The van der Waals surface area contributed by atoms with Crippen molar-refractivity contribution >= 4 is 21.7 Å². The zero-order valence-electron chi connectivity index (χ0n) is 16.9. The third-order valence-electron chi connectivity index (χ3n) is 5.35. The predicted octanol–water partition coefficient (Wildman–Crippen LogP) is 5.36. The molecule has 0 atom stereocenters. The smallest absolute Gasteiger partial charge is 0.117 e. The standard InChI is InChI=1S/C26H16N6/c1-3-8-19-17(6-1)13-15-27-24(19)26-25(22-12-11-18-7-2-4-9-20(18)30-22)31-23(16-28-26)21-10-5-14-29-32-21/h1-16H. The lowest BCUT2D eigenvalue weighted by Crippen LogP contribution is -2.00. The first-order valence-corrected chi connectivity index (χ1v) is 10.2. The topological polar surface area (TPSA) is 77.3 Å². The predicted molar refractivity (Wildman–Crippen MR) is 125 cm³/mol. The molecular formula is C26H16N6. The Morgan fingerprint density at radius 1 is 0.500 bits per heavy atom. The second-order valence-electron chi connectivity index (χ2n) is 7.33. The summed E-state index contributed by atoms with van der Waals surface area (Å²) in [6.45, 7) is 0. The Labute approximate surface area is 183 Å². The van der Waals surface area contributed by atoms with Gasteiger partial charge in [-0.15, -0.1) is 5.10 Å². The molecule has 0 aliphatic rings. The number of hydrogen-bond donors (Lipinski definition) is 0. The average molecular weight is 412 g/mol. The van der Waals surface area contributed by atoms with E-state index in [-0.39, 0.29) is 0 Å². The van der Waals surface area contributed by atoms with Gasteiger partial charge in [0.05, 0.1) is 23.1 Å². The fourth-order valence-corrected chi connectivity index (χ4v) is 3.81. The molecule has 0 spiro atoms. The number of pyridine rings is 2. The maximum absolute atomic E-state index is 4.94. The zero-order valence-corrected chi connectivity index (χ0v) is 16.9. The Balaban J connectivity index is 1.63. The van der Waals surface area contributed by atoms with Crippen LogP contribution in [0.2, 0.25) is 0 Å². The van der Waals surface area contributed by atoms with Crippen molar-refractivity contribution in [3.8, 4) is 34.2 Å². The van der Waals surface area contributed by atoms with E-state index in [1.54, 1.807) is 18.6 Å². The van der Waals surface area contributed by atoms with E-state index in [1.807, 2.05) is 66.7 Å². The molecule has 0 N–H and O–H groups in total. The number of nitrogens with zero attached hydrogens (tertiary/aromatic N) is 6. The largest absolute Gasteiger partial charge is 0.254 e. The molecule has 6 rings (SSSR count). The van der Waals surface area contributed by atoms with Gasteiger partial charge in [0, 0.05) is 23.2 Å². The fourth-order valence-electron chi connectivity index (χ4n) is 3.81. The molecule has 0 saturated carbocycles. The summed E-state index contributed by atoms with van der Waals surface area (Å²) in [4.78, 5) is 19.3. The summed E-state index contributed by atoms with van der Waals surface area (Å²) in [5.41, 5.74) is 5.01. The van der Waals surface area contributed by atoms with E-state index >= 15 is 0 Å². The van der Waals surface area contributed by atoms with Crippen LogP contribution in [0.1, 0.15) is 0 Å². The third-order valence-corrected chi connectivity index (χ3v) is 5.35. The fraction of sp³-hybridized carbons (Fsp3) is 0. The Morgan fingerprint density at radius 3 is 2.28 bits per heavy atom. The highest BCUT2D eigenvalue weighted by Crippen LogP contribution is 2.33. The highest BCUT2D eigenvalue weighted by Gasteiger charge is 2.18. The molecule has 2 aromatic carbocycles. The maximum atomic E-state index is 4.94. The molecule has 6 nitrogen and oxygen atoms in total. The maximum Gasteiger partial charge on any atom is 0.117 e. The number of aromatic nitrogens is 6. The van der Waals surface area contributed by atoms with Crippen LogP contribution in [0.5, 0.6) is 0 Å². The summed E-state index contributed by atoms with van der Waals surface area (Å²) in [6, 6.07) is 25.9. The summed E-state index contributed by atoms with van der Waals surface area (Å²) in [7, 11) is 0. The molecule has 6 aromatic rings. The van der Waals surface area contributed by atoms with E-state index in [0.29, 0.717) is 22.8 Å². The van der Waals surface area contributed by atoms with Crippen LogP contribution < -0.4 is 0 Å². The molecule has 4 aromatic heterocycles. The van der Waals surface area contributed by atoms with Crippen molar-refractivity contribution in [3.05, 3.63) is 97.5 Å². The summed E-state index contributed by atoms with van der Waals surface area (Å²) >= 11 is 0. The molecule has 0 aliphatic heterocycles. The SMILES string of the molecule is c1cnnc(-c2cnc(-c3nccc4ccccc34)c(-c3ccc4ccccc4n3)n2)c1. The first kappa shape index (κ1) is 18.2. The molecule has 0 bridgehead atoms. The summed E-state index contributed by atoms with van der Waals surface area (Å²) < 4.78 is 0. The van der Waals surface area contributed by atoms with Gasteiger partial charge in [-0.25, -0.2) is 15.0 Å². The molecule has 0 fully saturated rings. The quantitative estimate of drug-likeness (QED) is 0.389. The Morgan fingerprint density at radius 2 is 1.38 bits per heavy atom. The molecule has 0 saturated heterocycles. The molecule has 150 valence electrons. The first-order valence-electron chi connectivity index (χ1n) is 10.2. The van der Waals surface area contributed by atoms with Gasteiger partial charge in [-0.2, -0.15) is 5.10 Å². The van der Waals surface area contributed by atoms with Crippen molar-refractivity contribution in [2.24, 2.45) is 0 Å². The van der Waals surface area contributed by atoms with Gasteiger partial charge >= 0.3 is 0 Å². The lowest BCUT2D eigenvalue weighted by Gasteiger charge is -2.11. The summed E-state index contributed by atoms with van der Waals surface area (Å²) in [5.74, 6) is 0. The van der Waals surface area contributed by atoms with Crippen LogP contribution in [-0.2, 0) is 0 Å². The minimum atomic E-state index is 0.632. The highest BCUT2D eigenvalue weighted by molar-refractivity contribution is 5.96. The Hall–Kier alpha value is -4.58. The average Bonchev–Trinajstić information content (AvgIpc) is 2.88. The summed E-state index contributed by atoms with van der Waals surface area (Å²) in [5, 5.41) is 11.4. The lowest BCUT2D eigenvalue weighted by atomic mass is 10.0. The van der Waals surface area contributed by atoms with E-state index in [2.05, 4.69) is 27.3 Å². The molecule has 0 unspecified atom stereocenters. The van der Waals surface area contributed by atoms with Gasteiger partial charge < -0.3 is 0 Å². The molecule has 32 heavy (non-hydrogen) atoms. The van der Waals surface area contributed by atoms with Crippen LogP contribution in [-0.4, -0.2) is 30.1 Å². The molecule has 0 aliphatic carbocycles. The minimum Gasteiger partial charge on any atom is -0.254 e. The van der Waals surface area contributed by atoms with Gasteiger partial charge in [0.15, 0.2) is 0 Å². The van der Waals surface area contributed by atoms with Crippen LogP contribution in [0.3, 0.4) is 0 Å². The summed E-state index contributed by atoms with van der Waals surface area (Å²) in [6.07, 6.45) is 5.15.